The highest BCUT2D eigenvalue weighted by Gasteiger charge is 2.28. The number of carbonyl (C=O) groups is 1. The molecule has 4 nitrogen and oxygen atoms in total. The van der Waals surface area contributed by atoms with Gasteiger partial charge in [0, 0.05) is 6.04 Å². The number of amides is 1. The minimum Gasteiger partial charge on any atom is -0.393 e. The van der Waals surface area contributed by atoms with E-state index in [0.29, 0.717) is 12.3 Å². The molecule has 0 bridgehead atoms. The van der Waals surface area contributed by atoms with Crippen LogP contribution in [0.5, 0.6) is 0 Å². The predicted molar refractivity (Wildman–Crippen MR) is 63.8 cm³/mol. The largest absolute Gasteiger partial charge is 0.393 e. The van der Waals surface area contributed by atoms with Crippen molar-refractivity contribution >= 4 is 5.91 Å². The number of rotatable bonds is 3. The molecule has 1 aliphatic rings. The fourth-order valence-corrected chi connectivity index (χ4v) is 2.03. The van der Waals surface area contributed by atoms with Gasteiger partial charge in [0.05, 0.1) is 12.1 Å². The molecule has 1 saturated carbocycles. The summed E-state index contributed by atoms with van der Waals surface area (Å²) in [5.74, 6) is 0.390. The molecule has 0 aromatic heterocycles. The van der Waals surface area contributed by atoms with Crippen LogP contribution in [0.25, 0.3) is 0 Å². The Labute approximate surface area is 97.6 Å². The number of hydrogen-bond donors (Lipinski definition) is 3. The molecular formula is C12H24N2O2. The Morgan fingerprint density at radius 1 is 1.44 bits per heavy atom. The highest BCUT2D eigenvalue weighted by Crippen LogP contribution is 2.24. The fraction of sp³-hybridized carbons (Fsp3) is 0.917. The SMILES string of the molecule is CC(C)C(N)C(=O)N[C@H]1CC[C@H](C)[C@@H](O)C1. The molecule has 1 aliphatic carbocycles. The van der Waals surface area contributed by atoms with Crippen LogP contribution in [0.3, 0.4) is 0 Å². The lowest BCUT2D eigenvalue weighted by atomic mass is 9.84. The number of aliphatic hydroxyl groups is 1. The first kappa shape index (κ1) is 13.5. The highest BCUT2D eigenvalue weighted by molar-refractivity contribution is 5.82. The maximum atomic E-state index is 11.7. The van der Waals surface area contributed by atoms with Crippen molar-refractivity contribution < 1.29 is 9.90 Å². The second-order valence-corrected chi connectivity index (χ2v) is 5.33. The van der Waals surface area contributed by atoms with Crippen molar-refractivity contribution in [3.8, 4) is 0 Å². The predicted octanol–water partition coefficient (Wildman–Crippen LogP) is 0.635. The van der Waals surface area contributed by atoms with E-state index < -0.39 is 6.04 Å². The molecule has 16 heavy (non-hydrogen) atoms. The smallest absolute Gasteiger partial charge is 0.237 e. The average molecular weight is 228 g/mol. The Kier molecular flexibility index (Phi) is 4.74. The van der Waals surface area contributed by atoms with Gasteiger partial charge in [-0.15, -0.1) is 0 Å². The van der Waals surface area contributed by atoms with Gasteiger partial charge in [-0.1, -0.05) is 20.8 Å². The zero-order chi connectivity index (χ0) is 12.3. The zero-order valence-electron chi connectivity index (χ0n) is 10.4. The molecule has 0 spiro atoms. The van der Waals surface area contributed by atoms with E-state index in [0.717, 1.165) is 12.8 Å². The zero-order valence-corrected chi connectivity index (χ0v) is 10.4. The van der Waals surface area contributed by atoms with Crippen molar-refractivity contribution in [1.82, 2.24) is 5.32 Å². The van der Waals surface area contributed by atoms with Gasteiger partial charge in [0.15, 0.2) is 0 Å². The molecule has 1 unspecified atom stereocenters. The lowest BCUT2D eigenvalue weighted by Crippen LogP contribution is -2.50. The normalized spacial score (nSPS) is 32.5. The van der Waals surface area contributed by atoms with Gasteiger partial charge >= 0.3 is 0 Å². The molecule has 0 heterocycles. The molecule has 4 heteroatoms. The molecule has 0 aromatic rings. The third kappa shape index (κ3) is 3.46. The van der Waals surface area contributed by atoms with Crippen molar-refractivity contribution in [2.45, 2.75) is 58.2 Å². The minimum atomic E-state index is -0.448. The van der Waals surface area contributed by atoms with Gasteiger partial charge in [0.1, 0.15) is 0 Å². The molecule has 0 radical (unpaired) electrons. The molecule has 1 rings (SSSR count). The molecule has 1 fully saturated rings. The van der Waals surface area contributed by atoms with E-state index in [1.54, 1.807) is 0 Å². The van der Waals surface area contributed by atoms with Crippen LogP contribution in [-0.4, -0.2) is 29.2 Å². The number of nitrogens with one attached hydrogen (secondary N) is 1. The van der Waals surface area contributed by atoms with Crippen LogP contribution in [0.4, 0.5) is 0 Å². The number of nitrogens with two attached hydrogens (primary N) is 1. The van der Waals surface area contributed by atoms with Crippen LogP contribution >= 0.6 is 0 Å². The van der Waals surface area contributed by atoms with Gasteiger partial charge in [-0.05, 0) is 31.1 Å². The van der Waals surface area contributed by atoms with Gasteiger partial charge in [-0.3, -0.25) is 4.79 Å². The molecule has 4 atom stereocenters. The van der Waals surface area contributed by atoms with E-state index in [4.69, 9.17) is 5.73 Å². The van der Waals surface area contributed by atoms with E-state index >= 15 is 0 Å². The van der Waals surface area contributed by atoms with E-state index in [9.17, 15) is 9.90 Å². The fourth-order valence-electron chi connectivity index (χ4n) is 2.03. The van der Waals surface area contributed by atoms with Crippen LogP contribution in [0.15, 0.2) is 0 Å². The molecular weight excluding hydrogens is 204 g/mol. The summed E-state index contributed by atoms with van der Waals surface area (Å²) in [6.45, 7) is 5.91. The second kappa shape index (κ2) is 5.64. The Morgan fingerprint density at radius 3 is 2.56 bits per heavy atom. The van der Waals surface area contributed by atoms with Crippen molar-refractivity contribution in [2.75, 3.05) is 0 Å². The topological polar surface area (TPSA) is 75.4 Å². The first-order valence-corrected chi connectivity index (χ1v) is 6.15. The molecule has 4 N–H and O–H groups in total. The summed E-state index contributed by atoms with van der Waals surface area (Å²) in [6, 6.07) is -0.361. The van der Waals surface area contributed by atoms with Crippen LogP contribution < -0.4 is 11.1 Å². The van der Waals surface area contributed by atoms with Crippen LogP contribution in [0.1, 0.15) is 40.0 Å². The van der Waals surface area contributed by atoms with Gasteiger partial charge in [-0.25, -0.2) is 0 Å². The third-order valence-corrected chi connectivity index (χ3v) is 3.52. The third-order valence-electron chi connectivity index (χ3n) is 3.52. The lowest BCUT2D eigenvalue weighted by Gasteiger charge is -2.32. The van der Waals surface area contributed by atoms with Gasteiger partial charge < -0.3 is 16.2 Å². The minimum absolute atomic E-state index is 0.0866. The second-order valence-electron chi connectivity index (χ2n) is 5.33. The van der Waals surface area contributed by atoms with Crippen molar-refractivity contribution in [1.29, 1.82) is 0 Å². The summed E-state index contributed by atoms with van der Waals surface area (Å²) < 4.78 is 0. The maximum absolute atomic E-state index is 11.7. The monoisotopic (exact) mass is 228 g/mol. The van der Waals surface area contributed by atoms with E-state index in [2.05, 4.69) is 5.32 Å². The molecule has 1 amide bonds. The summed E-state index contributed by atoms with van der Waals surface area (Å²) in [4.78, 5) is 11.7. The number of carbonyl (C=O) groups excluding carboxylic acids is 1. The number of aliphatic hydroxyl groups excluding tert-OH is 1. The average Bonchev–Trinajstić information content (AvgIpc) is 2.22. The molecule has 0 aliphatic heterocycles. The van der Waals surface area contributed by atoms with Crippen LogP contribution in [0.2, 0.25) is 0 Å². The summed E-state index contributed by atoms with van der Waals surface area (Å²) in [5.41, 5.74) is 5.76. The standard InChI is InChI=1S/C12H24N2O2/c1-7(2)11(13)12(16)14-9-5-4-8(3)10(15)6-9/h7-11,15H,4-6,13H2,1-3H3,(H,14,16)/t8-,9-,10-,11?/m0/s1. The van der Waals surface area contributed by atoms with Gasteiger partial charge in [-0.2, -0.15) is 0 Å². The maximum Gasteiger partial charge on any atom is 0.237 e. The Bertz CT molecular complexity index is 243. The van der Waals surface area contributed by atoms with E-state index in [-0.39, 0.29) is 24.0 Å². The molecule has 0 aromatic carbocycles. The summed E-state index contributed by atoms with van der Waals surface area (Å²) >= 11 is 0. The summed E-state index contributed by atoms with van der Waals surface area (Å²) in [6.07, 6.45) is 2.25. The lowest BCUT2D eigenvalue weighted by molar-refractivity contribution is -0.124. The molecule has 94 valence electrons. The van der Waals surface area contributed by atoms with Gasteiger partial charge in [0.2, 0.25) is 5.91 Å². The van der Waals surface area contributed by atoms with Crippen molar-refractivity contribution in [2.24, 2.45) is 17.6 Å². The first-order chi connectivity index (χ1) is 7.41. The van der Waals surface area contributed by atoms with Crippen LogP contribution in [-0.2, 0) is 4.79 Å². The summed E-state index contributed by atoms with van der Waals surface area (Å²) in [5, 5.41) is 12.7. The van der Waals surface area contributed by atoms with E-state index in [1.165, 1.54) is 0 Å². The highest BCUT2D eigenvalue weighted by atomic mass is 16.3. The Balaban J connectivity index is 2.40. The van der Waals surface area contributed by atoms with Crippen LogP contribution in [0, 0.1) is 11.8 Å². The Morgan fingerprint density at radius 2 is 2.06 bits per heavy atom. The van der Waals surface area contributed by atoms with Crippen molar-refractivity contribution in [3.05, 3.63) is 0 Å². The van der Waals surface area contributed by atoms with Crippen molar-refractivity contribution in [3.63, 3.8) is 0 Å². The number of hydrogen-bond acceptors (Lipinski definition) is 3. The molecule has 0 saturated heterocycles. The quantitative estimate of drug-likeness (QED) is 0.663. The summed E-state index contributed by atoms with van der Waals surface area (Å²) in [7, 11) is 0. The first-order valence-electron chi connectivity index (χ1n) is 6.15. The Hall–Kier alpha value is -0.610. The van der Waals surface area contributed by atoms with Gasteiger partial charge in [0.25, 0.3) is 0 Å². The van der Waals surface area contributed by atoms with E-state index in [1.807, 2.05) is 20.8 Å².